The predicted octanol–water partition coefficient (Wildman–Crippen LogP) is 1.25. The highest BCUT2D eigenvalue weighted by Crippen LogP contribution is 2.04. The number of carbonyl (C=O) groups is 2. The van der Waals surface area contributed by atoms with Crippen molar-refractivity contribution in [2.75, 3.05) is 13.1 Å². The molecule has 94 valence electrons. The van der Waals surface area contributed by atoms with Crippen LogP contribution in [0.15, 0.2) is 42.1 Å². The summed E-state index contributed by atoms with van der Waals surface area (Å²) in [4.78, 5) is 23.7. The maximum atomic E-state index is 12.0. The molecule has 18 heavy (non-hydrogen) atoms. The molecule has 0 saturated carbocycles. The number of amides is 1. The second-order valence-electron chi connectivity index (χ2n) is 4.18. The minimum atomic E-state index is -0.209. The van der Waals surface area contributed by atoms with Gasteiger partial charge >= 0.3 is 0 Å². The molecule has 4 heteroatoms. The predicted molar refractivity (Wildman–Crippen MR) is 69.1 cm³/mol. The van der Waals surface area contributed by atoms with Gasteiger partial charge in [-0.15, -0.1) is 0 Å². The first-order valence-corrected chi connectivity index (χ1v) is 6.10. The summed E-state index contributed by atoms with van der Waals surface area (Å²) in [6.07, 6.45) is 3.31. The average Bonchev–Trinajstić information content (AvgIpc) is 2.39. The first-order chi connectivity index (χ1) is 8.77. The molecular weight excluding hydrogens is 228 g/mol. The summed E-state index contributed by atoms with van der Waals surface area (Å²) < 4.78 is 0. The largest absolute Gasteiger partial charge is 0.380 e. The van der Waals surface area contributed by atoms with Crippen molar-refractivity contribution >= 4 is 11.7 Å². The van der Waals surface area contributed by atoms with Crippen molar-refractivity contribution < 1.29 is 9.59 Å². The zero-order valence-electron chi connectivity index (χ0n) is 10.1. The molecule has 0 unspecified atom stereocenters. The summed E-state index contributed by atoms with van der Waals surface area (Å²) in [5.41, 5.74) is 0.935. The number of allylic oxidation sites excluding steroid dienone is 1. The van der Waals surface area contributed by atoms with E-state index in [0.717, 1.165) is 19.4 Å². The van der Waals surface area contributed by atoms with Crippen LogP contribution in [0.4, 0.5) is 0 Å². The molecule has 1 aliphatic heterocycles. The summed E-state index contributed by atoms with van der Waals surface area (Å²) in [5.74, 6) is -0.368. The van der Waals surface area contributed by atoms with E-state index >= 15 is 0 Å². The fourth-order valence-electron chi connectivity index (χ4n) is 1.78. The van der Waals surface area contributed by atoms with Gasteiger partial charge in [-0.1, -0.05) is 30.3 Å². The molecule has 0 radical (unpaired) electrons. The monoisotopic (exact) mass is 244 g/mol. The Morgan fingerprint density at radius 1 is 1.06 bits per heavy atom. The second kappa shape index (κ2) is 6.00. The Bertz CT molecular complexity index is 466. The highest BCUT2D eigenvalue weighted by Gasteiger charge is 2.13. The molecule has 1 saturated heterocycles. The molecular formula is C14H16N2O2. The first-order valence-electron chi connectivity index (χ1n) is 6.10. The van der Waals surface area contributed by atoms with Gasteiger partial charge in [-0.3, -0.25) is 9.59 Å². The van der Waals surface area contributed by atoms with E-state index in [4.69, 9.17) is 0 Å². The number of carbonyl (C=O) groups excluding carboxylic acids is 2. The van der Waals surface area contributed by atoms with Crippen LogP contribution in [0.3, 0.4) is 0 Å². The molecule has 1 aromatic carbocycles. The molecule has 4 nitrogen and oxygen atoms in total. The van der Waals surface area contributed by atoms with Crippen molar-refractivity contribution in [1.29, 1.82) is 0 Å². The Balaban J connectivity index is 2.15. The van der Waals surface area contributed by atoms with Crippen LogP contribution in [-0.2, 0) is 4.79 Å². The number of benzene rings is 1. The highest BCUT2D eigenvalue weighted by molar-refractivity contribution is 6.09. The smallest absolute Gasteiger partial charge is 0.267 e. The van der Waals surface area contributed by atoms with Crippen LogP contribution < -0.4 is 10.6 Å². The Kier molecular flexibility index (Phi) is 4.12. The van der Waals surface area contributed by atoms with Gasteiger partial charge in [0.05, 0.1) is 0 Å². The fraction of sp³-hybridized carbons (Fsp3) is 0.286. The van der Waals surface area contributed by atoms with E-state index in [9.17, 15) is 9.59 Å². The lowest BCUT2D eigenvalue weighted by Gasteiger charge is -2.14. The first kappa shape index (κ1) is 12.4. The van der Waals surface area contributed by atoms with Gasteiger partial charge in [0.1, 0.15) is 5.70 Å². The van der Waals surface area contributed by atoms with Gasteiger partial charge in [-0.25, -0.2) is 0 Å². The van der Waals surface area contributed by atoms with Gasteiger partial charge in [0.15, 0.2) is 5.78 Å². The van der Waals surface area contributed by atoms with Crippen LogP contribution in [0.2, 0.25) is 0 Å². The van der Waals surface area contributed by atoms with Crippen LogP contribution in [0.5, 0.6) is 0 Å². The highest BCUT2D eigenvalue weighted by atomic mass is 16.2. The van der Waals surface area contributed by atoms with Crippen LogP contribution in [0, 0.1) is 0 Å². The fourth-order valence-corrected chi connectivity index (χ4v) is 1.78. The van der Waals surface area contributed by atoms with Crippen LogP contribution in [-0.4, -0.2) is 24.8 Å². The Labute approximate surface area is 106 Å². The van der Waals surface area contributed by atoms with Gasteiger partial charge in [0, 0.05) is 24.7 Å². The molecule has 0 bridgehead atoms. The van der Waals surface area contributed by atoms with Gasteiger partial charge in [-0.2, -0.15) is 0 Å². The molecule has 1 amide bonds. The zero-order valence-corrected chi connectivity index (χ0v) is 10.1. The SMILES string of the molecule is O=C1NCCCCN/C1=C/C(=O)c1ccccc1. The van der Waals surface area contributed by atoms with Gasteiger partial charge in [0.25, 0.3) is 5.91 Å². The molecule has 2 rings (SSSR count). The van der Waals surface area contributed by atoms with Crippen molar-refractivity contribution in [3.05, 3.63) is 47.7 Å². The number of hydrogen-bond donors (Lipinski definition) is 2. The lowest BCUT2D eigenvalue weighted by Crippen LogP contribution is -2.36. The van der Waals surface area contributed by atoms with Crippen molar-refractivity contribution in [2.24, 2.45) is 0 Å². The summed E-state index contributed by atoms with van der Waals surface area (Å²) in [5, 5.41) is 5.77. The number of rotatable bonds is 2. The average molecular weight is 244 g/mol. The molecule has 0 aliphatic carbocycles. The normalized spacial score (nSPS) is 18.4. The Morgan fingerprint density at radius 2 is 1.72 bits per heavy atom. The van der Waals surface area contributed by atoms with Crippen LogP contribution in [0.25, 0.3) is 0 Å². The maximum absolute atomic E-state index is 12.0. The van der Waals surface area contributed by atoms with E-state index < -0.39 is 0 Å². The number of nitrogens with one attached hydrogen (secondary N) is 2. The van der Waals surface area contributed by atoms with Gasteiger partial charge in [0.2, 0.25) is 0 Å². The summed E-state index contributed by atoms with van der Waals surface area (Å²) >= 11 is 0. The third-order valence-electron chi connectivity index (χ3n) is 2.78. The van der Waals surface area contributed by atoms with Crippen LogP contribution >= 0.6 is 0 Å². The molecule has 2 N–H and O–H groups in total. The topological polar surface area (TPSA) is 58.2 Å². The second-order valence-corrected chi connectivity index (χ2v) is 4.18. The molecule has 0 atom stereocenters. The molecule has 1 aromatic rings. The molecule has 0 aromatic heterocycles. The molecule has 1 aliphatic rings. The van der Waals surface area contributed by atoms with Gasteiger partial charge in [-0.05, 0) is 12.8 Å². The quantitative estimate of drug-likeness (QED) is 0.608. The van der Waals surface area contributed by atoms with E-state index in [1.807, 2.05) is 6.07 Å². The third-order valence-corrected chi connectivity index (χ3v) is 2.78. The standard InChI is InChI=1S/C14H16N2O2/c17-13(11-6-2-1-3-7-11)10-12-14(18)16-9-5-4-8-15-12/h1-3,6-7,10,15H,4-5,8-9H2,(H,16,18)/b12-10+. The Hall–Kier alpha value is -2.10. The van der Waals surface area contributed by atoms with Crippen molar-refractivity contribution in [1.82, 2.24) is 10.6 Å². The molecule has 0 spiro atoms. The van der Waals surface area contributed by atoms with Gasteiger partial charge < -0.3 is 10.6 Å². The summed E-state index contributed by atoms with van der Waals surface area (Å²) in [6.45, 7) is 1.39. The van der Waals surface area contributed by atoms with E-state index in [0.29, 0.717) is 17.8 Å². The summed E-state index contributed by atoms with van der Waals surface area (Å²) in [6, 6.07) is 8.93. The zero-order chi connectivity index (χ0) is 12.8. The third kappa shape index (κ3) is 3.20. The lowest BCUT2D eigenvalue weighted by atomic mass is 10.1. The lowest BCUT2D eigenvalue weighted by molar-refractivity contribution is -0.118. The molecule has 1 fully saturated rings. The minimum Gasteiger partial charge on any atom is -0.380 e. The van der Waals surface area contributed by atoms with E-state index in [1.165, 1.54) is 6.08 Å². The van der Waals surface area contributed by atoms with Crippen molar-refractivity contribution in [3.8, 4) is 0 Å². The minimum absolute atomic E-state index is 0.158. The van der Waals surface area contributed by atoms with E-state index in [-0.39, 0.29) is 11.7 Å². The maximum Gasteiger partial charge on any atom is 0.267 e. The van der Waals surface area contributed by atoms with E-state index in [1.54, 1.807) is 24.3 Å². The van der Waals surface area contributed by atoms with Crippen molar-refractivity contribution in [2.45, 2.75) is 12.8 Å². The van der Waals surface area contributed by atoms with Crippen LogP contribution in [0.1, 0.15) is 23.2 Å². The van der Waals surface area contributed by atoms with E-state index in [2.05, 4.69) is 10.6 Å². The van der Waals surface area contributed by atoms with Crippen molar-refractivity contribution in [3.63, 3.8) is 0 Å². The Morgan fingerprint density at radius 3 is 2.44 bits per heavy atom. The summed E-state index contributed by atoms with van der Waals surface area (Å²) in [7, 11) is 0. The number of ketones is 1. The number of hydrogen-bond acceptors (Lipinski definition) is 3. The molecule has 1 heterocycles.